The molecule has 88 valence electrons. The van der Waals surface area contributed by atoms with Crippen molar-refractivity contribution in [2.45, 2.75) is 25.3 Å². The molecule has 1 amide bonds. The first kappa shape index (κ1) is 10.3. The van der Waals surface area contributed by atoms with Crippen molar-refractivity contribution in [3.8, 4) is 0 Å². The van der Waals surface area contributed by atoms with Crippen molar-refractivity contribution in [3.05, 3.63) is 29.8 Å². The van der Waals surface area contributed by atoms with Crippen LogP contribution in [-0.2, 0) is 4.79 Å². The Labute approximate surface area is 98.9 Å². The van der Waals surface area contributed by atoms with Crippen LogP contribution in [-0.4, -0.2) is 23.0 Å². The molecule has 1 saturated heterocycles. The fourth-order valence-corrected chi connectivity index (χ4v) is 2.92. The Morgan fingerprint density at radius 2 is 2.18 bits per heavy atom. The van der Waals surface area contributed by atoms with Gasteiger partial charge in [-0.05, 0) is 37.5 Å². The van der Waals surface area contributed by atoms with E-state index in [0.717, 1.165) is 24.9 Å². The molecule has 0 aromatic heterocycles. The SMILES string of the molecule is O=C(O)c1cccc(N2C(=O)C3CCC2C3)c1. The number of carboxylic acids is 1. The summed E-state index contributed by atoms with van der Waals surface area (Å²) in [5.41, 5.74) is 0.958. The Kier molecular flexibility index (Phi) is 2.18. The highest BCUT2D eigenvalue weighted by atomic mass is 16.4. The van der Waals surface area contributed by atoms with Gasteiger partial charge in [-0.15, -0.1) is 0 Å². The van der Waals surface area contributed by atoms with Crippen LogP contribution in [0.4, 0.5) is 5.69 Å². The van der Waals surface area contributed by atoms with Gasteiger partial charge < -0.3 is 10.0 Å². The highest BCUT2D eigenvalue weighted by Gasteiger charge is 2.45. The highest BCUT2D eigenvalue weighted by molar-refractivity contribution is 6.00. The van der Waals surface area contributed by atoms with E-state index in [1.807, 2.05) is 6.07 Å². The van der Waals surface area contributed by atoms with Gasteiger partial charge in [0.2, 0.25) is 5.91 Å². The van der Waals surface area contributed by atoms with Gasteiger partial charge in [-0.2, -0.15) is 0 Å². The number of hydrogen-bond donors (Lipinski definition) is 1. The number of piperidine rings is 1. The zero-order chi connectivity index (χ0) is 12.0. The number of fused-ring (bicyclic) bond motifs is 2. The molecule has 1 saturated carbocycles. The molecule has 4 nitrogen and oxygen atoms in total. The Hall–Kier alpha value is -1.84. The third-order valence-corrected chi connectivity index (χ3v) is 3.73. The van der Waals surface area contributed by atoms with Crippen molar-refractivity contribution in [2.24, 2.45) is 5.92 Å². The van der Waals surface area contributed by atoms with Crippen molar-refractivity contribution in [2.75, 3.05) is 4.90 Å². The smallest absolute Gasteiger partial charge is 0.335 e. The molecule has 2 unspecified atom stereocenters. The van der Waals surface area contributed by atoms with Gasteiger partial charge in [0.1, 0.15) is 0 Å². The summed E-state index contributed by atoms with van der Waals surface area (Å²) in [4.78, 5) is 24.7. The maximum atomic E-state index is 12.0. The number of nitrogens with zero attached hydrogens (tertiary/aromatic N) is 1. The Morgan fingerprint density at radius 1 is 1.35 bits per heavy atom. The number of carbonyl (C=O) groups excluding carboxylic acids is 1. The molecule has 1 aromatic carbocycles. The summed E-state index contributed by atoms with van der Waals surface area (Å²) < 4.78 is 0. The minimum Gasteiger partial charge on any atom is -0.478 e. The number of anilines is 1. The van der Waals surface area contributed by atoms with E-state index in [4.69, 9.17) is 5.11 Å². The van der Waals surface area contributed by atoms with E-state index in [1.54, 1.807) is 23.1 Å². The van der Waals surface area contributed by atoms with Gasteiger partial charge >= 0.3 is 5.97 Å². The zero-order valence-electron chi connectivity index (χ0n) is 9.30. The number of carboxylic acid groups (broad SMARTS) is 1. The standard InChI is InChI=1S/C13H13NO3/c15-12-8-4-5-11(6-8)14(12)10-3-1-2-9(7-10)13(16)17/h1-3,7-8,11H,4-6H2,(H,16,17). The van der Waals surface area contributed by atoms with Gasteiger partial charge in [0.05, 0.1) is 5.56 Å². The molecular formula is C13H13NO3. The maximum Gasteiger partial charge on any atom is 0.335 e. The van der Waals surface area contributed by atoms with Crippen molar-refractivity contribution < 1.29 is 14.7 Å². The van der Waals surface area contributed by atoms with Gasteiger partial charge in [0, 0.05) is 17.6 Å². The molecule has 0 radical (unpaired) electrons. The molecule has 1 heterocycles. The molecule has 3 rings (SSSR count). The lowest BCUT2D eigenvalue weighted by Crippen LogP contribution is -2.37. The number of amides is 1. The third kappa shape index (κ3) is 1.52. The summed E-state index contributed by atoms with van der Waals surface area (Å²) in [6.45, 7) is 0. The van der Waals surface area contributed by atoms with Crippen LogP contribution in [0, 0.1) is 5.92 Å². The molecule has 1 N–H and O–H groups in total. The van der Waals surface area contributed by atoms with Crippen molar-refractivity contribution in [1.82, 2.24) is 0 Å². The lowest BCUT2D eigenvalue weighted by atomic mass is 10.1. The predicted octanol–water partition coefficient (Wildman–Crippen LogP) is 1.90. The second-order valence-electron chi connectivity index (χ2n) is 4.73. The molecule has 1 aliphatic carbocycles. The molecule has 1 aromatic rings. The molecule has 1 aliphatic heterocycles. The van der Waals surface area contributed by atoms with Crippen LogP contribution >= 0.6 is 0 Å². The number of benzene rings is 1. The number of aromatic carboxylic acids is 1. The van der Waals surface area contributed by atoms with Gasteiger partial charge in [-0.25, -0.2) is 4.79 Å². The topological polar surface area (TPSA) is 57.6 Å². The summed E-state index contributed by atoms with van der Waals surface area (Å²) in [6, 6.07) is 6.91. The van der Waals surface area contributed by atoms with E-state index >= 15 is 0 Å². The maximum absolute atomic E-state index is 12.0. The second kappa shape index (κ2) is 3.58. The highest BCUT2D eigenvalue weighted by Crippen LogP contribution is 2.41. The molecular weight excluding hydrogens is 218 g/mol. The van der Waals surface area contributed by atoms with Crippen LogP contribution in [0.15, 0.2) is 24.3 Å². The van der Waals surface area contributed by atoms with E-state index in [9.17, 15) is 9.59 Å². The van der Waals surface area contributed by atoms with Crippen molar-refractivity contribution in [1.29, 1.82) is 0 Å². The van der Waals surface area contributed by atoms with Gasteiger partial charge in [-0.3, -0.25) is 4.79 Å². The van der Waals surface area contributed by atoms with E-state index in [-0.39, 0.29) is 23.4 Å². The fraction of sp³-hybridized carbons (Fsp3) is 0.385. The van der Waals surface area contributed by atoms with Crippen LogP contribution in [0.2, 0.25) is 0 Å². The normalized spacial score (nSPS) is 26.6. The monoisotopic (exact) mass is 231 g/mol. The molecule has 4 heteroatoms. The minimum absolute atomic E-state index is 0.156. The summed E-state index contributed by atoms with van der Waals surface area (Å²) in [5.74, 6) is -0.638. The summed E-state index contributed by atoms with van der Waals surface area (Å²) >= 11 is 0. The Morgan fingerprint density at radius 3 is 2.82 bits per heavy atom. The van der Waals surface area contributed by atoms with Crippen LogP contribution < -0.4 is 4.90 Å². The predicted molar refractivity (Wildman–Crippen MR) is 62.0 cm³/mol. The van der Waals surface area contributed by atoms with E-state index in [1.165, 1.54) is 0 Å². The van der Waals surface area contributed by atoms with Crippen LogP contribution in [0.5, 0.6) is 0 Å². The van der Waals surface area contributed by atoms with Crippen molar-refractivity contribution in [3.63, 3.8) is 0 Å². The zero-order valence-corrected chi connectivity index (χ0v) is 9.30. The van der Waals surface area contributed by atoms with Gasteiger partial charge in [0.15, 0.2) is 0 Å². The Bertz CT molecular complexity index is 497. The average Bonchev–Trinajstić information content (AvgIpc) is 2.89. The first-order valence-corrected chi connectivity index (χ1v) is 5.83. The van der Waals surface area contributed by atoms with Crippen LogP contribution in [0.25, 0.3) is 0 Å². The number of hydrogen-bond acceptors (Lipinski definition) is 2. The molecule has 17 heavy (non-hydrogen) atoms. The van der Waals surface area contributed by atoms with Gasteiger partial charge in [0.25, 0.3) is 0 Å². The van der Waals surface area contributed by atoms with E-state index in [2.05, 4.69) is 0 Å². The van der Waals surface area contributed by atoms with Crippen LogP contribution in [0.1, 0.15) is 29.6 Å². The molecule has 2 atom stereocenters. The summed E-state index contributed by atoms with van der Waals surface area (Å²) in [7, 11) is 0. The van der Waals surface area contributed by atoms with E-state index < -0.39 is 5.97 Å². The van der Waals surface area contributed by atoms with E-state index in [0.29, 0.717) is 0 Å². The lowest BCUT2D eigenvalue weighted by molar-refractivity contribution is -0.121. The quantitative estimate of drug-likeness (QED) is 0.845. The van der Waals surface area contributed by atoms with Gasteiger partial charge in [-0.1, -0.05) is 6.07 Å². The lowest BCUT2D eigenvalue weighted by Gasteiger charge is -2.27. The fourth-order valence-electron chi connectivity index (χ4n) is 2.92. The third-order valence-electron chi connectivity index (χ3n) is 3.73. The largest absolute Gasteiger partial charge is 0.478 e. The second-order valence-corrected chi connectivity index (χ2v) is 4.73. The van der Waals surface area contributed by atoms with Crippen LogP contribution in [0.3, 0.4) is 0 Å². The number of rotatable bonds is 2. The average molecular weight is 231 g/mol. The molecule has 0 spiro atoms. The molecule has 2 bridgehead atoms. The first-order valence-electron chi connectivity index (χ1n) is 5.83. The Balaban J connectivity index is 1.97. The molecule has 2 aliphatic rings. The number of carbonyl (C=O) groups is 2. The summed E-state index contributed by atoms with van der Waals surface area (Å²) in [6.07, 6.45) is 2.95. The minimum atomic E-state index is -0.955. The first-order chi connectivity index (χ1) is 8.16. The molecule has 2 fully saturated rings. The van der Waals surface area contributed by atoms with Crippen molar-refractivity contribution >= 4 is 17.6 Å². The summed E-state index contributed by atoms with van der Waals surface area (Å²) in [5, 5.41) is 8.95.